The Balaban J connectivity index is 2.28. The van der Waals surface area contributed by atoms with Crippen LogP contribution in [0.25, 0.3) is 0 Å². The maximum absolute atomic E-state index is 11.1. The van der Waals surface area contributed by atoms with Gasteiger partial charge in [-0.25, -0.2) is 0 Å². The van der Waals surface area contributed by atoms with Crippen LogP contribution in [0.15, 0.2) is 18.2 Å². The molecule has 0 radical (unpaired) electrons. The number of fused-ring (bicyclic) bond motifs is 1. The van der Waals surface area contributed by atoms with E-state index in [0.29, 0.717) is 0 Å². The standard InChI is InChI=1S/C13H16O4/c1-16-8-11(13(14)15)9-4-5-12-10(7-9)3-2-6-17-12/h4-5,7,11H,2-3,6,8H2,1H3,(H,14,15). The Hall–Kier alpha value is -1.55. The van der Waals surface area contributed by atoms with Crippen molar-refractivity contribution in [3.63, 3.8) is 0 Å². The lowest BCUT2D eigenvalue weighted by Gasteiger charge is -2.19. The molecule has 92 valence electrons. The van der Waals surface area contributed by atoms with E-state index in [9.17, 15) is 4.79 Å². The predicted octanol–water partition coefficient (Wildman–Crippen LogP) is 1.83. The number of carbonyl (C=O) groups is 1. The number of ether oxygens (including phenoxy) is 2. The minimum absolute atomic E-state index is 0.189. The molecule has 1 atom stereocenters. The molecular weight excluding hydrogens is 220 g/mol. The van der Waals surface area contributed by atoms with Crippen molar-refractivity contribution in [2.45, 2.75) is 18.8 Å². The molecule has 1 N–H and O–H groups in total. The summed E-state index contributed by atoms with van der Waals surface area (Å²) in [6.45, 7) is 0.932. The van der Waals surface area contributed by atoms with Crippen LogP contribution in [0.4, 0.5) is 0 Å². The van der Waals surface area contributed by atoms with Crippen molar-refractivity contribution in [2.24, 2.45) is 0 Å². The number of hydrogen-bond donors (Lipinski definition) is 1. The van der Waals surface area contributed by atoms with Gasteiger partial charge < -0.3 is 14.6 Å². The van der Waals surface area contributed by atoms with Gasteiger partial charge in [0.05, 0.1) is 13.2 Å². The molecule has 0 saturated carbocycles. The molecule has 17 heavy (non-hydrogen) atoms. The summed E-state index contributed by atoms with van der Waals surface area (Å²) in [4.78, 5) is 11.1. The monoisotopic (exact) mass is 236 g/mol. The summed E-state index contributed by atoms with van der Waals surface area (Å²) >= 11 is 0. The Bertz CT molecular complexity index is 414. The van der Waals surface area contributed by atoms with Crippen molar-refractivity contribution in [3.8, 4) is 5.75 Å². The molecule has 1 aliphatic heterocycles. The second kappa shape index (κ2) is 5.19. The van der Waals surface area contributed by atoms with Crippen molar-refractivity contribution in [1.29, 1.82) is 0 Å². The number of aryl methyl sites for hydroxylation is 1. The molecule has 1 heterocycles. The van der Waals surface area contributed by atoms with E-state index in [4.69, 9.17) is 14.6 Å². The molecule has 0 aliphatic carbocycles. The van der Waals surface area contributed by atoms with Gasteiger partial charge in [0.1, 0.15) is 11.7 Å². The average Bonchev–Trinajstić information content (AvgIpc) is 2.35. The molecule has 0 amide bonds. The Morgan fingerprint density at radius 3 is 3.12 bits per heavy atom. The molecule has 0 aromatic heterocycles. The average molecular weight is 236 g/mol. The quantitative estimate of drug-likeness (QED) is 0.866. The number of carboxylic acid groups (broad SMARTS) is 1. The zero-order valence-electron chi connectivity index (χ0n) is 9.81. The lowest BCUT2D eigenvalue weighted by Crippen LogP contribution is -2.18. The molecule has 1 aromatic carbocycles. The van der Waals surface area contributed by atoms with Gasteiger partial charge in [-0.2, -0.15) is 0 Å². The molecule has 2 rings (SSSR count). The summed E-state index contributed by atoms with van der Waals surface area (Å²) in [6.07, 6.45) is 1.93. The lowest BCUT2D eigenvalue weighted by atomic mass is 9.95. The molecule has 4 nitrogen and oxygen atoms in total. The Morgan fingerprint density at radius 2 is 2.41 bits per heavy atom. The maximum atomic E-state index is 11.1. The summed E-state index contributed by atoms with van der Waals surface area (Å²) in [6, 6.07) is 5.59. The van der Waals surface area contributed by atoms with Crippen LogP contribution in [-0.2, 0) is 16.0 Å². The van der Waals surface area contributed by atoms with Gasteiger partial charge in [-0.1, -0.05) is 12.1 Å². The number of hydrogen-bond acceptors (Lipinski definition) is 3. The Labute approximate surface area is 100 Å². The Kier molecular flexibility index (Phi) is 3.64. The second-order valence-corrected chi connectivity index (χ2v) is 4.17. The van der Waals surface area contributed by atoms with Crippen LogP contribution < -0.4 is 4.74 Å². The number of carboxylic acids is 1. The lowest BCUT2D eigenvalue weighted by molar-refractivity contribution is -0.140. The third kappa shape index (κ3) is 2.58. The SMILES string of the molecule is COCC(C(=O)O)c1ccc2c(c1)CCCO2. The molecular formula is C13H16O4. The highest BCUT2D eigenvalue weighted by Gasteiger charge is 2.21. The smallest absolute Gasteiger partial charge is 0.313 e. The van der Waals surface area contributed by atoms with Crippen molar-refractivity contribution in [3.05, 3.63) is 29.3 Å². The van der Waals surface area contributed by atoms with Crippen LogP contribution >= 0.6 is 0 Å². The van der Waals surface area contributed by atoms with Gasteiger partial charge in [0, 0.05) is 7.11 Å². The van der Waals surface area contributed by atoms with E-state index in [2.05, 4.69) is 0 Å². The van der Waals surface area contributed by atoms with E-state index in [1.807, 2.05) is 18.2 Å². The first-order valence-corrected chi connectivity index (χ1v) is 5.69. The second-order valence-electron chi connectivity index (χ2n) is 4.17. The highest BCUT2D eigenvalue weighted by molar-refractivity contribution is 5.76. The van der Waals surface area contributed by atoms with Gasteiger partial charge >= 0.3 is 5.97 Å². The molecule has 0 fully saturated rings. The first-order valence-electron chi connectivity index (χ1n) is 5.69. The molecule has 1 unspecified atom stereocenters. The third-order valence-electron chi connectivity index (χ3n) is 2.97. The van der Waals surface area contributed by atoms with Crippen molar-refractivity contribution >= 4 is 5.97 Å². The topological polar surface area (TPSA) is 55.8 Å². The summed E-state index contributed by atoms with van der Waals surface area (Å²) in [5.41, 5.74) is 1.87. The molecule has 1 aliphatic rings. The van der Waals surface area contributed by atoms with Crippen molar-refractivity contribution in [2.75, 3.05) is 20.3 Å². The van der Waals surface area contributed by atoms with Crippen molar-refractivity contribution < 1.29 is 19.4 Å². The van der Waals surface area contributed by atoms with Crippen LogP contribution in [-0.4, -0.2) is 31.4 Å². The van der Waals surface area contributed by atoms with Gasteiger partial charge in [0.2, 0.25) is 0 Å². The fourth-order valence-electron chi connectivity index (χ4n) is 2.07. The van der Waals surface area contributed by atoms with Crippen LogP contribution in [0.1, 0.15) is 23.5 Å². The maximum Gasteiger partial charge on any atom is 0.313 e. The van der Waals surface area contributed by atoms with E-state index in [-0.39, 0.29) is 6.61 Å². The number of methoxy groups -OCH3 is 1. The van der Waals surface area contributed by atoms with Crippen LogP contribution in [0.3, 0.4) is 0 Å². The van der Waals surface area contributed by atoms with Crippen LogP contribution in [0.5, 0.6) is 5.75 Å². The molecule has 0 saturated heterocycles. The van der Waals surface area contributed by atoms with E-state index >= 15 is 0 Å². The fraction of sp³-hybridized carbons (Fsp3) is 0.462. The first kappa shape index (κ1) is 11.9. The molecule has 1 aromatic rings. The zero-order valence-corrected chi connectivity index (χ0v) is 9.81. The van der Waals surface area contributed by atoms with Crippen LogP contribution in [0.2, 0.25) is 0 Å². The van der Waals surface area contributed by atoms with Crippen molar-refractivity contribution in [1.82, 2.24) is 0 Å². The predicted molar refractivity (Wildman–Crippen MR) is 62.5 cm³/mol. The third-order valence-corrected chi connectivity index (χ3v) is 2.97. The molecule has 0 spiro atoms. The zero-order chi connectivity index (χ0) is 12.3. The minimum atomic E-state index is -0.858. The largest absolute Gasteiger partial charge is 0.493 e. The van der Waals surface area contributed by atoms with Crippen LogP contribution in [0, 0.1) is 0 Å². The summed E-state index contributed by atoms with van der Waals surface area (Å²) in [5, 5.41) is 9.15. The fourth-order valence-corrected chi connectivity index (χ4v) is 2.07. The number of aliphatic carboxylic acids is 1. The molecule has 4 heteroatoms. The summed E-state index contributed by atoms with van der Waals surface area (Å²) < 4.78 is 10.5. The van der Waals surface area contributed by atoms with E-state index in [0.717, 1.165) is 36.3 Å². The summed E-state index contributed by atoms with van der Waals surface area (Å²) in [7, 11) is 1.51. The first-order chi connectivity index (χ1) is 8.22. The van der Waals surface area contributed by atoms with Gasteiger partial charge in [0.25, 0.3) is 0 Å². The number of benzene rings is 1. The van der Waals surface area contributed by atoms with Gasteiger partial charge in [-0.3, -0.25) is 4.79 Å². The van der Waals surface area contributed by atoms with E-state index in [1.54, 1.807) is 0 Å². The highest BCUT2D eigenvalue weighted by Crippen LogP contribution is 2.28. The van der Waals surface area contributed by atoms with Gasteiger partial charge in [-0.05, 0) is 30.0 Å². The minimum Gasteiger partial charge on any atom is -0.493 e. The van der Waals surface area contributed by atoms with Gasteiger partial charge in [0.15, 0.2) is 0 Å². The molecule has 0 bridgehead atoms. The normalized spacial score (nSPS) is 15.8. The number of rotatable bonds is 4. The highest BCUT2D eigenvalue weighted by atomic mass is 16.5. The van der Waals surface area contributed by atoms with Gasteiger partial charge in [-0.15, -0.1) is 0 Å². The van der Waals surface area contributed by atoms with E-state index < -0.39 is 11.9 Å². The van der Waals surface area contributed by atoms with E-state index in [1.165, 1.54) is 7.11 Å². The Morgan fingerprint density at radius 1 is 1.59 bits per heavy atom. The summed E-state index contributed by atoms with van der Waals surface area (Å²) in [5.74, 6) is -0.586.